The third-order valence-electron chi connectivity index (χ3n) is 7.55. The van der Waals surface area contributed by atoms with E-state index < -0.39 is 41.7 Å². The zero-order valence-corrected chi connectivity index (χ0v) is 24.0. The molecule has 1 aliphatic rings. The van der Waals surface area contributed by atoms with Crippen LogP contribution in [0.1, 0.15) is 61.9 Å². The van der Waals surface area contributed by atoms with Gasteiger partial charge in [0.2, 0.25) is 5.91 Å². The molecule has 3 aromatic carbocycles. The first-order valence-corrected chi connectivity index (χ1v) is 14.3. The van der Waals surface area contributed by atoms with Crippen molar-refractivity contribution in [3.63, 3.8) is 0 Å². The lowest BCUT2D eigenvalue weighted by Crippen LogP contribution is -2.41. The van der Waals surface area contributed by atoms with Gasteiger partial charge in [0, 0.05) is 12.3 Å². The van der Waals surface area contributed by atoms with Crippen LogP contribution in [0.3, 0.4) is 0 Å². The predicted octanol–water partition coefficient (Wildman–Crippen LogP) is 4.67. The van der Waals surface area contributed by atoms with E-state index in [0.29, 0.717) is 19.3 Å². The number of phenols is 1. The number of benzene rings is 3. The van der Waals surface area contributed by atoms with Gasteiger partial charge in [-0.2, -0.15) is 0 Å². The normalized spacial score (nSPS) is 18.7. The number of rotatable bonds is 11. The Labute approximate surface area is 242 Å². The summed E-state index contributed by atoms with van der Waals surface area (Å²) in [6.07, 6.45) is -0.374. The molecule has 5 atom stereocenters. The van der Waals surface area contributed by atoms with Gasteiger partial charge in [0.1, 0.15) is 11.4 Å². The Kier molecular flexibility index (Phi) is 9.84. The van der Waals surface area contributed by atoms with Crippen molar-refractivity contribution in [3.8, 4) is 5.75 Å². The zero-order valence-electron chi connectivity index (χ0n) is 24.0. The van der Waals surface area contributed by atoms with Crippen molar-refractivity contribution in [2.24, 2.45) is 11.8 Å². The number of aliphatic hydroxyl groups is 2. The fraction of sp³-hybridized carbons (Fsp3) is 0.412. The summed E-state index contributed by atoms with van der Waals surface area (Å²) in [5.41, 5.74) is 3.04. The zero-order chi connectivity index (χ0) is 29.6. The van der Waals surface area contributed by atoms with Crippen molar-refractivity contribution in [3.05, 3.63) is 101 Å². The van der Waals surface area contributed by atoms with Crippen molar-refractivity contribution in [1.82, 2.24) is 5.32 Å². The number of ether oxygens (including phenoxy) is 1. The van der Waals surface area contributed by atoms with Crippen molar-refractivity contribution in [1.29, 1.82) is 0 Å². The molecule has 0 aliphatic heterocycles. The Balaban J connectivity index is 1.56. The van der Waals surface area contributed by atoms with E-state index in [0.717, 1.165) is 22.3 Å². The van der Waals surface area contributed by atoms with Gasteiger partial charge in [0.15, 0.2) is 0 Å². The monoisotopic (exact) mass is 559 g/mol. The van der Waals surface area contributed by atoms with Crippen LogP contribution >= 0.6 is 0 Å². The lowest BCUT2D eigenvalue weighted by molar-refractivity contribution is -0.157. The summed E-state index contributed by atoms with van der Waals surface area (Å²) in [5.74, 6) is -1.68. The number of aromatic hydroxyl groups is 1. The first-order chi connectivity index (χ1) is 19.5. The standard InChI is InChI=1S/C34H41NO6/c1-34(2,3)41-31(39)21-25(17-22-9-5-4-6-10-22)29(37)20-26(18-23-13-15-27(36)16-14-23)33(40)35-32-28-12-8-7-11-24(28)19-30(32)38/h4-16,25-26,29-30,32,36-38H,17-21H2,1-3H3,(H,35,40)/t25?,26?,29?,30-,32-/m0/s1. The molecule has 7 heteroatoms. The molecule has 0 heterocycles. The second kappa shape index (κ2) is 13.3. The third-order valence-corrected chi connectivity index (χ3v) is 7.55. The maximum Gasteiger partial charge on any atom is 0.306 e. The highest BCUT2D eigenvalue weighted by molar-refractivity contribution is 5.80. The SMILES string of the molecule is CC(C)(C)OC(=O)CC(Cc1ccccc1)C(O)CC(Cc1ccc(O)cc1)C(=O)N[C@H]1c2ccccc2C[C@@H]1O. The van der Waals surface area contributed by atoms with Crippen molar-refractivity contribution in [2.75, 3.05) is 0 Å². The van der Waals surface area contributed by atoms with E-state index in [2.05, 4.69) is 5.32 Å². The van der Waals surface area contributed by atoms with Gasteiger partial charge < -0.3 is 25.4 Å². The van der Waals surface area contributed by atoms with Crippen LogP contribution in [0.5, 0.6) is 5.75 Å². The minimum Gasteiger partial charge on any atom is -0.508 e. The molecule has 4 rings (SSSR count). The Bertz CT molecular complexity index is 1300. The number of hydrogen-bond acceptors (Lipinski definition) is 6. The highest BCUT2D eigenvalue weighted by Crippen LogP contribution is 2.32. The maximum atomic E-state index is 13.8. The molecule has 3 aromatic rings. The van der Waals surface area contributed by atoms with Gasteiger partial charge in [-0.3, -0.25) is 9.59 Å². The summed E-state index contributed by atoms with van der Waals surface area (Å²) >= 11 is 0. The summed E-state index contributed by atoms with van der Waals surface area (Å²) in [7, 11) is 0. The molecule has 218 valence electrons. The first-order valence-electron chi connectivity index (χ1n) is 14.3. The molecular weight excluding hydrogens is 518 g/mol. The minimum absolute atomic E-state index is 0.00952. The average molecular weight is 560 g/mol. The second-order valence-corrected chi connectivity index (χ2v) is 12.1. The molecule has 0 saturated carbocycles. The van der Waals surface area contributed by atoms with E-state index in [9.17, 15) is 24.9 Å². The number of phenolic OH excluding ortho intramolecular Hbond substituents is 1. The van der Waals surface area contributed by atoms with Crippen molar-refractivity contribution < 1.29 is 29.6 Å². The number of carbonyl (C=O) groups excluding carboxylic acids is 2. The van der Waals surface area contributed by atoms with E-state index in [1.54, 1.807) is 45.0 Å². The highest BCUT2D eigenvalue weighted by Gasteiger charge is 2.35. The van der Waals surface area contributed by atoms with E-state index in [1.165, 1.54) is 0 Å². The minimum atomic E-state index is -0.976. The fourth-order valence-corrected chi connectivity index (χ4v) is 5.56. The van der Waals surface area contributed by atoms with E-state index in [-0.39, 0.29) is 24.5 Å². The van der Waals surface area contributed by atoms with Crippen LogP contribution in [0.4, 0.5) is 0 Å². The van der Waals surface area contributed by atoms with Crippen molar-refractivity contribution >= 4 is 11.9 Å². The molecule has 0 fully saturated rings. The van der Waals surface area contributed by atoms with E-state index in [1.807, 2.05) is 54.6 Å². The van der Waals surface area contributed by atoms with Gasteiger partial charge in [-0.25, -0.2) is 0 Å². The summed E-state index contributed by atoms with van der Waals surface area (Å²) in [6, 6.07) is 23.4. The van der Waals surface area contributed by atoms with Gasteiger partial charge in [-0.1, -0.05) is 66.7 Å². The molecule has 0 spiro atoms. The van der Waals surface area contributed by atoms with Crippen LogP contribution in [-0.2, 0) is 33.6 Å². The number of nitrogens with one attached hydrogen (secondary N) is 1. The Hall–Kier alpha value is -3.68. The Morgan fingerprint density at radius 1 is 0.927 bits per heavy atom. The van der Waals surface area contributed by atoms with Crippen LogP contribution in [-0.4, -0.2) is 45.0 Å². The second-order valence-electron chi connectivity index (χ2n) is 12.1. The van der Waals surface area contributed by atoms with Gasteiger partial charge in [0.05, 0.1) is 24.7 Å². The lowest BCUT2D eigenvalue weighted by atomic mass is 9.83. The predicted molar refractivity (Wildman–Crippen MR) is 157 cm³/mol. The molecule has 0 bridgehead atoms. The van der Waals surface area contributed by atoms with Crippen LogP contribution in [0.15, 0.2) is 78.9 Å². The average Bonchev–Trinajstić information content (AvgIpc) is 3.23. The Morgan fingerprint density at radius 3 is 2.24 bits per heavy atom. The van der Waals surface area contributed by atoms with Gasteiger partial charge in [0.25, 0.3) is 0 Å². The maximum absolute atomic E-state index is 13.8. The van der Waals surface area contributed by atoms with E-state index in [4.69, 9.17) is 4.74 Å². The molecular formula is C34H41NO6. The topological polar surface area (TPSA) is 116 Å². The van der Waals surface area contributed by atoms with Crippen LogP contribution < -0.4 is 5.32 Å². The fourth-order valence-electron chi connectivity index (χ4n) is 5.56. The lowest BCUT2D eigenvalue weighted by Gasteiger charge is -2.29. The molecule has 3 unspecified atom stereocenters. The van der Waals surface area contributed by atoms with E-state index >= 15 is 0 Å². The number of fused-ring (bicyclic) bond motifs is 1. The van der Waals surface area contributed by atoms with Crippen molar-refractivity contribution in [2.45, 2.75) is 76.7 Å². The molecule has 1 aliphatic carbocycles. The summed E-state index contributed by atoms with van der Waals surface area (Å²) in [6.45, 7) is 5.42. The number of carbonyl (C=O) groups is 2. The molecule has 7 nitrogen and oxygen atoms in total. The molecule has 0 radical (unpaired) electrons. The number of hydrogen-bond donors (Lipinski definition) is 4. The summed E-state index contributed by atoms with van der Waals surface area (Å²) in [4.78, 5) is 26.6. The smallest absolute Gasteiger partial charge is 0.306 e. The summed E-state index contributed by atoms with van der Waals surface area (Å²) in [5, 5.41) is 35.1. The van der Waals surface area contributed by atoms with Gasteiger partial charge in [-0.05, 0) is 80.3 Å². The highest BCUT2D eigenvalue weighted by atomic mass is 16.6. The molecule has 4 N–H and O–H groups in total. The number of aliphatic hydroxyl groups excluding tert-OH is 2. The number of esters is 1. The summed E-state index contributed by atoms with van der Waals surface area (Å²) < 4.78 is 5.57. The van der Waals surface area contributed by atoms with Crippen LogP contribution in [0.2, 0.25) is 0 Å². The third kappa shape index (κ3) is 8.65. The van der Waals surface area contributed by atoms with Gasteiger partial charge in [-0.15, -0.1) is 0 Å². The Morgan fingerprint density at radius 2 is 1.56 bits per heavy atom. The molecule has 1 amide bonds. The number of amides is 1. The molecule has 0 saturated heterocycles. The van der Waals surface area contributed by atoms with Crippen LogP contribution in [0.25, 0.3) is 0 Å². The van der Waals surface area contributed by atoms with Crippen LogP contribution in [0, 0.1) is 11.8 Å². The molecule has 41 heavy (non-hydrogen) atoms. The molecule has 0 aromatic heterocycles. The first kappa shape index (κ1) is 30.3. The van der Waals surface area contributed by atoms with Gasteiger partial charge >= 0.3 is 5.97 Å². The quantitative estimate of drug-likeness (QED) is 0.254. The largest absolute Gasteiger partial charge is 0.508 e.